The molecule has 0 spiro atoms. The lowest BCUT2D eigenvalue weighted by Crippen LogP contribution is -2.29. The Balaban J connectivity index is 0.000000330. The van der Waals surface area contributed by atoms with E-state index in [1.54, 1.807) is 12.4 Å². The molecule has 0 bridgehead atoms. The SMILES string of the molecule is Cc1cnc2ccc(-c3cccnc3-c3ccccn3)cn12.NC(=O)C(N)=O. The Hall–Kier alpha value is -4.07. The Morgan fingerprint density at radius 1 is 0.893 bits per heavy atom. The van der Waals surface area contributed by atoms with Gasteiger partial charge >= 0.3 is 11.8 Å². The first kappa shape index (κ1) is 18.7. The zero-order chi connectivity index (χ0) is 20.1. The van der Waals surface area contributed by atoms with Crippen molar-refractivity contribution in [3.05, 3.63) is 72.9 Å². The van der Waals surface area contributed by atoms with Crippen molar-refractivity contribution in [3.8, 4) is 22.5 Å². The number of rotatable bonds is 2. The van der Waals surface area contributed by atoms with E-state index in [9.17, 15) is 9.59 Å². The molecule has 4 aromatic heterocycles. The van der Waals surface area contributed by atoms with Crippen LogP contribution in [0.3, 0.4) is 0 Å². The summed E-state index contributed by atoms with van der Waals surface area (Å²) in [7, 11) is 0. The number of aromatic nitrogens is 4. The van der Waals surface area contributed by atoms with E-state index in [2.05, 4.69) is 49.1 Å². The molecule has 8 nitrogen and oxygen atoms in total. The maximum Gasteiger partial charge on any atom is 0.306 e. The minimum Gasteiger partial charge on any atom is -0.361 e. The summed E-state index contributed by atoms with van der Waals surface area (Å²) >= 11 is 0. The van der Waals surface area contributed by atoms with Gasteiger partial charge in [-0.25, -0.2) is 4.98 Å². The topological polar surface area (TPSA) is 129 Å². The van der Waals surface area contributed by atoms with Crippen LogP contribution in [-0.4, -0.2) is 31.2 Å². The molecule has 0 saturated carbocycles. The van der Waals surface area contributed by atoms with Gasteiger partial charge in [-0.2, -0.15) is 0 Å². The highest BCUT2D eigenvalue weighted by Gasteiger charge is 2.10. The molecule has 2 amide bonds. The lowest BCUT2D eigenvalue weighted by atomic mass is 10.0. The predicted octanol–water partition coefficient (Wildman–Crippen LogP) is 1.72. The number of imidazole rings is 1. The number of primary amides is 2. The molecular weight excluding hydrogens is 356 g/mol. The monoisotopic (exact) mass is 374 g/mol. The van der Waals surface area contributed by atoms with E-state index < -0.39 is 11.8 Å². The third-order valence-electron chi connectivity index (χ3n) is 3.96. The molecule has 140 valence electrons. The molecule has 0 aromatic carbocycles. The molecule has 4 rings (SSSR count). The molecule has 0 aliphatic carbocycles. The van der Waals surface area contributed by atoms with Gasteiger partial charge in [0.05, 0.1) is 11.4 Å². The van der Waals surface area contributed by atoms with Gasteiger partial charge in [0.25, 0.3) is 0 Å². The Morgan fingerprint density at radius 3 is 2.32 bits per heavy atom. The average molecular weight is 374 g/mol. The number of carbonyl (C=O) groups excluding carboxylic acids is 2. The van der Waals surface area contributed by atoms with Crippen LogP contribution in [0.15, 0.2) is 67.3 Å². The molecule has 0 aliphatic heterocycles. The first-order valence-electron chi connectivity index (χ1n) is 8.37. The molecule has 0 saturated heterocycles. The quantitative estimate of drug-likeness (QED) is 0.516. The summed E-state index contributed by atoms with van der Waals surface area (Å²) in [4.78, 5) is 32.2. The zero-order valence-electron chi connectivity index (χ0n) is 15.1. The van der Waals surface area contributed by atoms with Crippen molar-refractivity contribution in [1.29, 1.82) is 0 Å². The Morgan fingerprint density at radius 2 is 1.64 bits per heavy atom. The lowest BCUT2D eigenvalue weighted by molar-refractivity contribution is -0.135. The summed E-state index contributed by atoms with van der Waals surface area (Å²) < 4.78 is 2.09. The van der Waals surface area contributed by atoms with Gasteiger partial charge in [0.15, 0.2) is 0 Å². The first-order chi connectivity index (χ1) is 13.5. The van der Waals surface area contributed by atoms with Crippen molar-refractivity contribution >= 4 is 17.5 Å². The number of hydrogen-bond acceptors (Lipinski definition) is 5. The van der Waals surface area contributed by atoms with Crippen LogP contribution in [0.4, 0.5) is 0 Å². The van der Waals surface area contributed by atoms with Crippen molar-refractivity contribution in [2.45, 2.75) is 6.92 Å². The van der Waals surface area contributed by atoms with Gasteiger partial charge < -0.3 is 15.9 Å². The second-order valence-electron chi connectivity index (χ2n) is 5.89. The predicted molar refractivity (Wildman–Crippen MR) is 105 cm³/mol. The van der Waals surface area contributed by atoms with Crippen molar-refractivity contribution in [2.75, 3.05) is 0 Å². The molecular formula is C20H18N6O2. The fourth-order valence-electron chi connectivity index (χ4n) is 2.61. The number of fused-ring (bicyclic) bond motifs is 1. The van der Waals surface area contributed by atoms with Crippen molar-refractivity contribution in [1.82, 2.24) is 19.4 Å². The van der Waals surface area contributed by atoms with E-state index in [1.165, 1.54) is 0 Å². The average Bonchev–Trinajstić information content (AvgIpc) is 3.09. The van der Waals surface area contributed by atoms with Crippen molar-refractivity contribution in [3.63, 3.8) is 0 Å². The van der Waals surface area contributed by atoms with Gasteiger partial charge in [0.1, 0.15) is 5.65 Å². The summed E-state index contributed by atoms with van der Waals surface area (Å²) in [5.74, 6) is -2.20. The molecule has 8 heteroatoms. The van der Waals surface area contributed by atoms with Gasteiger partial charge in [-0.3, -0.25) is 19.6 Å². The highest BCUT2D eigenvalue weighted by atomic mass is 16.2. The van der Waals surface area contributed by atoms with Crippen LogP contribution in [0.5, 0.6) is 0 Å². The van der Waals surface area contributed by atoms with Gasteiger partial charge in [0, 0.05) is 41.6 Å². The van der Waals surface area contributed by atoms with E-state index in [0.29, 0.717) is 0 Å². The smallest absolute Gasteiger partial charge is 0.306 e. The van der Waals surface area contributed by atoms with E-state index in [0.717, 1.165) is 33.9 Å². The van der Waals surface area contributed by atoms with Crippen LogP contribution in [-0.2, 0) is 9.59 Å². The maximum atomic E-state index is 9.45. The van der Waals surface area contributed by atoms with Gasteiger partial charge in [-0.15, -0.1) is 0 Å². The second kappa shape index (κ2) is 8.09. The normalized spacial score (nSPS) is 10.2. The van der Waals surface area contributed by atoms with Gasteiger partial charge in [-0.1, -0.05) is 12.1 Å². The molecule has 0 aliphatic rings. The molecule has 0 unspecified atom stereocenters. The molecule has 0 atom stereocenters. The number of nitrogens with zero attached hydrogens (tertiary/aromatic N) is 4. The van der Waals surface area contributed by atoms with Gasteiger partial charge in [0.2, 0.25) is 0 Å². The largest absolute Gasteiger partial charge is 0.361 e. The third kappa shape index (κ3) is 4.01. The number of pyridine rings is 3. The summed E-state index contributed by atoms with van der Waals surface area (Å²) in [6.07, 6.45) is 7.56. The van der Waals surface area contributed by atoms with Crippen molar-refractivity contribution < 1.29 is 9.59 Å². The van der Waals surface area contributed by atoms with Gasteiger partial charge in [-0.05, 0) is 37.3 Å². The number of nitrogens with two attached hydrogens (primary N) is 2. The fourth-order valence-corrected chi connectivity index (χ4v) is 2.61. The Kier molecular flexibility index (Phi) is 5.40. The van der Waals surface area contributed by atoms with Crippen LogP contribution in [0.25, 0.3) is 28.2 Å². The first-order valence-corrected chi connectivity index (χ1v) is 8.37. The number of carbonyl (C=O) groups is 2. The molecule has 4 aromatic rings. The molecule has 4 heterocycles. The second-order valence-corrected chi connectivity index (χ2v) is 5.89. The molecule has 28 heavy (non-hydrogen) atoms. The van der Waals surface area contributed by atoms with Crippen LogP contribution >= 0.6 is 0 Å². The number of hydrogen-bond donors (Lipinski definition) is 2. The highest BCUT2D eigenvalue weighted by molar-refractivity contribution is 6.33. The summed E-state index contributed by atoms with van der Waals surface area (Å²) in [5, 5.41) is 0. The fraction of sp³-hybridized carbons (Fsp3) is 0.0500. The summed E-state index contributed by atoms with van der Waals surface area (Å²) in [6.45, 7) is 2.05. The molecule has 0 fully saturated rings. The Labute approximate surface area is 160 Å². The number of amides is 2. The Bertz CT molecular complexity index is 1130. The van der Waals surface area contributed by atoms with E-state index in [1.807, 2.05) is 43.5 Å². The standard InChI is InChI=1S/C18H14N4.C2H4N2O2/c1-13-11-21-17-8-7-14(12-22(13)17)15-5-4-10-20-18(15)16-6-2-3-9-19-16;3-1(5)2(4)6/h2-12H,1H3;(H2,3,5)(H2,4,6). The van der Waals surface area contributed by atoms with Crippen LogP contribution in [0.2, 0.25) is 0 Å². The molecule has 0 radical (unpaired) electrons. The van der Waals surface area contributed by atoms with E-state index in [-0.39, 0.29) is 0 Å². The summed E-state index contributed by atoms with van der Waals surface area (Å²) in [5.41, 5.74) is 14.6. The van der Waals surface area contributed by atoms with Crippen LogP contribution in [0.1, 0.15) is 5.69 Å². The zero-order valence-corrected chi connectivity index (χ0v) is 15.1. The van der Waals surface area contributed by atoms with Crippen LogP contribution in [0, 0.1) is 6.92 Å². The minimum atomic E-state index is -1.10. The summed E-state index contributed by atoms with van der Waals surface area (Å²) in [6, 6.07) is 14.0. The van der Waals surface area contributed by atoms with E-state index in [4.69, 9.17) is 0 Å². The number of aryl methyl sites for hydroxylation is 1. The minimum absolute atomic E-state index is 0.876. The highest BCUT2D eigenvalue weighted by Crippen LogP contribution is 2.29. The maximum absolute atomic E-state index is 9.45. The van der Waals surface area contributed by atoms with E-state index >= 15 is 0 Å². The lowest BCUT2D eigenvalue weighted by Gasteiger charge is -2.09. The van der Waals surface area contributed by atoms with Crippen molar-refractivity contribution in [2.24, 2.45) is 11.5 Å². The third-order valence-corrected chi connectivity index (χ3v) is 3.96. The van der Waals surface area contributed by atoms with Crippen LogP contribution < -0.4 is 11.5 Å². The molecule has 4 N–H and O–H groups in total.